The Morgan fingerprint density at radius 1 is 1.32 bits per heavy atom. The number of amidine groups is 1. The van der Waals surface area contributed by atoms with Crippen molar-refractivity contribution in [3.8, 4) is 0 Å². The molecule has 1 aromatic carbocycles. The molecule has 0 fully saturated rings. The van der Waals surface area contributed by atoms with Crippen LogP contribution in [0.2, 0.25) is 0 Å². The summed E-state index contributed by atoms with van der Waals surface area (Å²) in [5, 5.41) is 3.30. The lowest BCUT2D eigenvalue weighted by Crippen LogP contribution is -2.36. The molecule has 19 heavy (non-hydrogen) atoms. The molecule has 2 rings (SSSR count). The average Bonchev–Trinajstić information content (AvgIpc) is 2.62. The first-order valence-corrected chi connectivity index (χ1v) is 7.75. The van der Waals surface area contributed by atoms with Crippen molar-refractivity contribution in [1.29, 1.82) is 0 Å². The highest BCUT2D eigenvalue weighted by Crippen LogP contribution is 2.26. The molecule has 1 aliphatic rings. The lowest BCUT2D eigenvalue weighted by atomic mass is 10.2. The van der Waals surface area contributed by atoms with Crippen LogP contribution in [0.15, 0.2) is 33.6 Å². The standard InChI is InChI=1S/C13H19N3O2S/c1-10(2)14-8-9-16(3)13-11-6-4-5-7-12(11)19(17,18)15-13/h4-7,10,14H,8-9H2,1-3H3. The van der Waals surface area contributed by atoms with Crippen LogP contribution >= 0.6 is 0 Å². The molecule has 1 aliphatic heterocycles. The summed E-state index contributed by atoms with van der Waals surface area (Å²) < 4.78 is 27.7. The van der Waals surface area contributed by atoms with Gasteiger partial charge in [-0.25, -0.2) is 0 Å². The van der Waals surface area contributed by atoms with Gasteiger partial charge >= 0.3 is 0 Å². The van der Waals surface area contributed by atoms with E-state index in [1.54, 1.807) is 18.2 Å². The van der Waals surface area contributed by atoms with Crippen molar-refractivity contribution < 1.29 is 8.42 Å². The fraction of sp³-hybridized carbons (Fsp3) is 0.462. The molecule has 1 heterocycles. The number of rotatable bonds is 4. The van der Waals surface area contributed by atoms with E-state index in [1.807, 2.05) is 18.0 Å². The molecule has 0 spiro atoms. The molecule has 0 bridgehead atoms. The molecule has 0 amide bonds. The summed E-state index contributed by atoms with van der Waals surface area (Å²) in [6, 6.07) is 7.35. The Morgan fingerprint density at radius 3 is 2.68 bits per heavy atom. The van der Waals surface area contributed by atoms with E-state index in [4.69, 9.17) is 0 Å². The van der Waals surface area contributed by atoms with Gasteiger partial charge in [-0.2, -0.15) is 8.42 Å². The smallest absolute Gasteiger partial charge is 0.285 e. The molecule has 0 unspecified atom stereocenters. The lowest BCUT2D eigenvalue weighted by Gasteiger charge is -2.20. The third-order valence-electron chi connectivity index (χ3n) is 2.97. The second-order valence-corrected chi connectivity index (χ2v) is 6.49. The van der Waals surface area contributed by atoms with Gasteiger partial charge in [-0.05, 0) is 12.1 Å². The van der Waals surface area contributed by atoms with Crippen LogP contribution in [0.3, 0.4) is 0 Å². The third-order valence-corrected chi connectivity index (χ3v) is 4.30. The minimum absolute atomic E-state index is 0.300. The van der Waals surface area contributed by atoms with Crippen molar-refractivity contribution in [2.24, 2.45) is 4.40 Å². The quantitative estimate of drug-likeness (QED) is 0.896. The van der Waals surface area contributed by atoms with Crippen LogP contribution in [0.4, 0.5) is 0 Å². The fourth-order valence-electron chi connectivity index (χ4n) is 1.99. The average molecular weight is 281 g/mol. The van der Waals surface area contributed by atoms with Gasteiger partial charge in [-0.1, -0.05) is 26.0 Å². The molecule has 0 saturated carbocycles. The normalized spacial score (nSPS) is 16.3. The van der Waals surface area contributed by atoms with Crippen LogP contribution in [0.25, 0.3) is 0 Å². The van der Waals surface area contributed by atoms with Crippen LogP contribution in [0, 0.1) is 0 Å². The highest BCUT2D eigenvalue weighted by atomic mass is 32.2. The molecule has 5 nitrogen and oxygen atoms in total. The first-order valence-electron chi connectivity index (χ1n) is 6.30. The summed E-state index contributed by atoms with van der Waals surface area (Å²) in [5.41, 5.74) is 0.689. The van der Waals surface area contributed by atoms with E-state index in [9.17, 15) is 8.42 Å². The van der Waals surface area contributed by atoms with Crippen LogP contribution in [-0.2, 0) is 10.0 Å². The maximum atomic E-state index is 11.9. The molecule has 0 atom stereocenters. The van der Waals surface area contributed by atoms with Gasteiger partial charge in [-0.3, -0.25) is 0 Å². The van der Waals surface area contributed by atoms with Gasteiger partial charge in [0.2, 0.25) is 0 Å². The highest BCUT2D eigenvalue weighted by Gasteiger charge is 2.30. The molecule has 0 aliphatic carbocycles. The second-order valence-electron chi connectivity index (χ2n) is 4.92. The number of sulfonamides is 1. The zero-order valence-electron chi connectivity index (χ0n) is 11.4. The van der Waals surface area contributed by atoms with Gasteiger partial charge in [-0.15, -0.1) is 4.40 Å². The maximum absolute atomic E-state index is 11.9. The van der Waals surface area contributed by atoms with Crippen molar-refractivity contribution in [3.63, 3.8) is 0 Å². The van der Waals surface area contributed by atoms with E-state index in [2.05, 4.69) is 23.6 Å². The first kappa shape index (κ1) is 14.0. The molecule has 1 N–H and O–H groups in total. The minimum atomic E-state index is -3.52. The van der Waals surface area contributed by atoms with Gasteiger partial charge in [0.05, 0.1) is 0 Å². The van der Waals surface area contributed by atoms with Gasteiger partial charge in [0.1, 0.15) is 4.90 Å². The monoisotopic (exact) mass is 281 g/mol. The Morgan fingerprint density at radius 2 is 2.00 bits per heavy atom. The topological polar surface area (TPSA) is 61.8 Å². The zero-order chi connectivity index (χ0) is 14.0. The molecule has 1 aromatic rings. The Balaban J connectivity index is 2.18. The van der Waals surface area contributed by atoms with Crippen LogP contribution in [0.5, 0.6) is 0 Å². The van der Waals surface area contributed by atoms with Crippen LogP contribution in [0.1, 0.15) is 19.4 Å². The summed E-state index contributed by atoms with van der Waals surface area (Å²) in [4.78, 5) is 2.17. The lowest BCUT2D eigenvalue weighted by molar-refractivity contribution is 0.464. The Hall–Kier alpha value is -1.40. The summed E-state index contributed by atoms with van der Waals surface area (Å²) in [5.74, 6) is 0.529. The van der Waals surface area contributed by atoms with Crippen molar-refractivity contribution in [1.82, 2.24) is 10.2 Å². The molecular weight excluding hydrogens is 262 g/mol. The minimum Gasteiger partial charge on any atom is -0.357 e. The van der Waals surface area contributed by atoms with E-state index in [1.165, 1.54) is 0 Å². The summed E-state index contributed by atoms with van der Waals surface area (Å²) in [7, 11) is -1.66. The Labute approximate surface area is 114 Å². The number of likely N-dealkylation sites (N-methyl/N-ethyl adjacent to an activating group) is 1. The fourth-order valence-corrected chi connectivity index (χ4v) is 3.24. The van der Waals surface area contributed by atoms with E-state index in [0.29, 0.717) is 28.9 Å². The van der Waals surface area contributed by atoms with E-state index in [-0.39, 0.29) is 0 Å². The molecule has 0 saturated heterocycles. The van der Waals surface area contributed by atoms with Crippen molar-refractivity contribution in [2.45, 2.75) is 24.8 Å². The van der Waals surface area contributed by atoms with Crippen molar-refractivity contribution >= 4 is 15.9 Å². The molecule has 104 valence electrons. The summed E-state index contributed by atoms with van der Waals surface area (Å²) in [6.45, 7) is 5.65. The molecule has 0 aromatic heterocycles. The predicted octanol–water partition coefficient (Wildman–Crippen LogP) is 1.07. The van der Waals surface area contributed by atoms with E-state index in [0.717, 1.165) is 6.54 Å². The van der Waals surface area contributed by atoms with Crippen molar-refractivity contribution in [3.05, 3.63) is 29.8 Å². The predicted molar refractivity (Wildman–Crippen MR) is 75.9 cm³/mol. The number of nitrogens with zero attached hydrogens (tertiary/aromatic N) is 2. The van der Waals surface area contributed by atoms with E-state index < -0.39 is 10.0 Å². The third kappa shape index (κ3) is 2.96. The van der Waals surface area contributed by atoms with E-state index >= 15 is 0 Å². The number of benzene rings is 1. The van der Waals surface area contributed by atoms with Gasteiger partial charge in [0.15, 0.2) is 5.84 Å². The first-order chi connectivity index (χ1) is 8.92. The number of hydrogen-bond acceptors (Lipinski definition) is 4. The van der Waals surface area contributed by atoms with Crippen molar-refractivity contribution in [2.75, 3.05) is 20.1 Å². The largest absolute Gasteiger partial charge is 0.357 e. The molecular formula is C13H19N3O2S. The maximum Gasteiger partial charge on any atom is 0.285 e. The number of nitrogens with one attached hydrogen (secondary N) is 1. The summed E-state index contributed by atoms with van der Waals surface area (Å²) in [6.07, 6.45) is 0. The molecule has 0 radical (unpaired) electrons. The van der Waals surface area contributed by atoms with Crippen LogP contribution in [-0.4, -0.2) is 45.3 Å². The SMILES string of the molecule is CC(C)NCCN(C)C1=NS(=O)(=O)c2ccccc21. The molecule has 6 heteroatoms. The van der Waals surface area contributed by atoms with Crippen LogP contribution < -0.4 is 5.32 Å². The number of hydrogen-bond donors (Lipinski definition) is 1. The van der Waals surface area contributed by atoms with Gasteiger partial charge < -0.3 is 10.2 Å². The Kier molecular flexibility index (Phi) is 3.91. The van der Waals surface area contributed by atoms with Gasteiger partial charge in [0, 0.05) is 31.7 Å². The summed E-state index contributed by atoms with van der Waals surface area (Å²) >= 11 is 0. The zero-order valence-corrected chi connectivity index (χ0v) is 12.2. The Bertz CT molecular complexity index is 594. The van der Waals surface area contributed by atoms with Gasteiger partial charge in [0.25, 0.3) is 10.0 Å². The highest BCUT2D eigenvalue weighted by molar-refractivity contribution is 7.90. The number of fused-ring (bicyclic) bond motifs is 1. The second kappa shape index (κ2) is 5.30.